The molecule has 13 heavy (non-hydrogen) atoms. The van der Waals surface area contributed by atoms with E-state index in [1.165, 1.54) is 12.1 Å². The molecule has 0 aromatic heterocycles. The van der Waals surface area contributed by atoms with Gasteiger partial charge in [0.1, 0.15) is 6.54 Å². The maximum atomic E-state index is 10.6. The number of hydrogen-bond donors (Lipinski definition) is 1. The van der Waals surface area contributed by atoms with E-state index in [-0.39, 0.29) is 12.1 Å². The number of rotatable bonds is 3. The number of hydrogen-bond acceptors (Lipinski definition) is 3. The minimum atomic E-state index is -0.995. The van der Waals surface area contributed by atoms with Crippen LogP contribution in [0.3, 0.4) is 0 Å². The fourth-order valence-corrected chi connectivity index (χ4v) is 1.68. The predicted octanol–water partition coefficient (Wildman–Crippen LogP) is 2.26. The molecule has 0 spiro atoms. The van der Waals surface area contributed by atoms with E-state index < -0.39 is 5.97 Å². The van der Waals surface area contributed by atoms with E-state index in [1.807, 2.05) is 22.6 Å². The zero-order valence-corrected chi connectivity index (χ0v) is 8.69. The van der Waals surface area contributed by atoms with Crippen molar-refractivity contribution in [2.24, 2.45) is 5.18 Å². The molecule has 0 heterocycles. The van der Waals surface area contributed by atoms with E-state index in [4.69, 9.17) is 5.11 Å². The van der Waals surface area contributed by atoms with Crippen LogP contribution in [0.4, 0.5) is 0 Å². The van der Waals surface area contributed by atoms with Gasteiger partial charge in [-0.15, -0.1) is 0 Å². The molecule has 0 bridgehead atoms. The first-order valence-corrected chi connectivity index (χ1v) is 4.53. The van der Waals surface area contributed by atoms with Crippen LogP contribution < -0.4 is 0 Å². The Morgan fingerprint density at radius 3 is 2.69 bits per heavy atom. The molecule has 0 amide bonds. The zero-order chi connectivity index (χ0) is 9.84. The molecule has 1 rings (SSSR count). The largest absolute Gasteiger partial charge is 0.478 e. The minimum Gasteiger partial charge on any atom is -0.478 e. The minimum absolute atomic E-state index is 0.0110. The second-order valence-electron chi connectivity index (χ2n) is 2.44. The summed E-state index contributed by atoms with van der Waals surface area (Å²) in [5.74, 6) is -0.995. The molecule has 1 aromatic carbocycles. The van der Waals surface area contributed by atoms with Crippen molar-refractivity contribution in [1.29, 1.82) is 0 Å². The van der Waals surface area contributed by atoms with Crippen molar-refractivity contribution in [3.63, 3.8) is 0 Å². The molecule has 0 saturated heterocycles. The van der Waals surface area contributed by atoms with Crippen molar-refractivity contribution < 1.29 is 9.90 Å². The molecule has 68 valence electrons. The van der Waals surface area contributed by atoms with Gasteiger partial charge >= 0.3 is 5.97 Å². The Morgan fingerprint density at radius 1 is 1.46 bits per heavy atom. The van der Waals surface area contributed by atoms with Gasteiger partial charge in [-0.3, -0.25) is 0 Å². The van der Waals surface area contributed by atoms with E-state index in [0.717, 1.165) is 3.57 Å². The van der Waals surface area contributed by atoms with Gasteiger partial charge in [0, 0.05) is 3.57 Å². The fourth-order valence-electron chi connectivity index (χ4n) is 0.940. The second-order valence-corrected chi connectivity index (χ2v) is 3.69. The summed E-state index contributed by atoms with van der Waals surface area (Å²) in [7, 11) is 0. The molecular formula is C8H6INO3. The van der Waals surface area contributed by atoms with Crippen LogP contribution in [0.15, 0.2) is 23.4 Å². The third-order valence-electron chi connectivity index (χ3n) is 1.45. The molecule has 0 radical (unpaired) electrons. The van der Waals surface area contributed by atoms with Gasteiger partial charge in [-0.25, -0.2) is 4.79 Å². The smallest absolute Gasteiger partial charge is 0.335 e. The van der Waals surface area contributed by atoms with Gasteiger partial charge in [0.15, 0.2) is 0 Å². The van der Waals surface area contributed by atoms with Crippen LogP contribution in [0, 0.1) is 8.48 Å². The molecule has 1 N–H and O–H groups in total. The van der Waals surface area contributed by atoms with Crippen LogP contribution in [0.5, 0.6) is 0 Å². The lowest BCUT2D eigenvalue weighted by Crippen LogP contribution is -1.98. The number of nitroso groups, excluding NO2 is 1. The van der Waals surface area contributed by atoms with Crippen LogP contribution >= 0.6 is 22.6 Å². The van der Waals surface area contributed by atoms with E-state index in [9.17, 15) is 9.70 Å². The maximum absolute atomic E-state index is 10.6. The van der Waals surface area contributed by atoms with Gasteiger partial charge in [-0.05, 0) is 46.4 Å². The van der Waals surface area contributed by atoms with Crippen molar-refractivity contribution >= 4 is 28.6 Å². The second kappa shape index (κ2) is 4.31. The van der Waals surface area contributed by atoms with Crippen LogP contribution in [-0.2, 0) is 6.54 Å². The standard InChI is InChI=1S/C8H6INO3/c9-7-2-5(4-10-13)1-6(3-7)8(11)12/h1-3H,4H2,(H,11,12). The fraction of sp³-hybridized carbons (Fsp3) is 0.125. The topological polar surface area (TPSA) is 66.7 Å². The highest BCUT2D eigenvalue weighted by molar-refractivity contribution is 14.1. The van der Waals surface area contributed by atoms with Crippen molar-refractivity contribution in [2.75, 3.05) is 0 Å². The lowest BCUT2D eigenvalue weighted by molar-refractivity contribution is 0.0696. The average molecular weight is 291 g/mol. The molecule has 0 atom stereocenters. The number of carboxylic acid groups (broad SMARTS) is 1. The van der Waals surface area contributed by atoms with E-state index >= 15 is 0 Å². The van der Waals surface area contributed by atoms with Gasteiger partial charge < -0.3 is 5.11 Å². The van der Waals surface area contributed by atoms with E-state index in [1.54, 1.807) is 6.07 Å². The third kappa shape index (κ3) is 2.76. The Kier molecular flexibility index (Phi) is 3.35. The molecule has 0 fully saturated rings. The van der Waals surface area contributed by atoms with Crippen molar-refractivity contribution in [3.05, 3.63) is 37.8 Å². The highest BCUT2D eigenvalue weighted by Crippen LogP contribution is 2.13. The normalized spacial score (nSPS) is 9.62. The van der Waals surface area contributed by atoms with Crippen molar-refractivity contribution in [2.45, 2.75) is 6.54 Å². The van der Waals surface area contributed by atoms with Gasteiger partial charge in [-0.2, -0.15) is 4.91 Å². The summed E-state index contributed by atoms with van der Waals surface area (Å²) >= 11 is 2.00. The Labute approximate surface area is 88.1 Å². The quantitative estimate of drug-likeness (QED) is 0.686. The maximum Gasteiger partial charge on any atom is 0.335 e. The SMILES string of the molecule is O=NCc1cc(I)cc(C(=O)O)c1. The average Bonchev–Trinajstić information content (AvgIpc) is 2.03. The summed E-state index contributed by atoms with van der Waals surface area (Å²) in [5, 5.41) is 11.4. The Bertz CT molecular complexity index is 351. The van der Waals surface area contributed by atoms with E-state index in [2.05, 4.69) is 5.18 Å². The molecular weight excluding hydrogens is 285 g/mol. The van der Waals surface area contributed by atoms with Crippen molar-refractivity contribution in [1.82, 2.24) is 0 Å². The Balaban J connectivity index is 3.10. The predicted molar refractivity (Wildman–Crippen MR) is 55.6 cm³/mol. The Hall–Kier alpha value is -0.980. The molecule has 4 nitrogen and oxygen atoms in total. The Morgan fingerprint density at radius 2 is 2.15 bits per heavy atom. The van der Waals surface area contributed by atoms with Gasteiger partial charge in [-0.1, -0.05) is 5.18 Å². The van der Waals surface area contributed by atoms with Crippen LogP contribution in [0.1, 0.15) is 15.9 Å². The van der Waals surface area contributed by atoms with Gasteiger partial charge in [0.05, 0.1) is 5.56 Å². The number of carboxylic acids is 1. The highest BCUT2D eigenvalue weighted by Gasteiger charge is 2.05. The molecule has 0 aliphatic carbocycles. The van der Waals surface area contributed by atoms with Crippen LogP contribution in [0.25, 0.3) is 0 Å². The number of aromatic carboxylic acids is 1. The van der Waals surface area contributed by atoms with Gasteiger partial charge in [0.25, 0.3) is 0 Å². The summed E-state index contributed by atoms with van der Waals surface area (Å²) in [5.41, 5.74) is 0.810. The first-order chi connectivity index (χ1) is 6.13. The summed E-state index contributed by atoms with van der Waals surface area (Å²) in [4.78, 5) is 20.6. The number of halogens is 1. The van der Waals surface area contributed by atoms with Crippen molar-refractivity contribution in [3.8, 4) is 0 Å². The first-order valence-electron chi connectivity index (χ1n) is 3.45. The van der Waals surface area contributed by atoms with Crippen LogP contribution in [0.2, 0.25) is 0 Å². The summed E-state index contributed by atoms with van der Waals surface area (Å²) < 4.78 is 0.788. The first kappa shape index (κ1) is 10.1. The molecule has 1 aromatic rings. The zero-order valence-electron chi connectivity index (χ0n) is 6.53. The third-order valence-corrected chi connectivity index (χ3v) is 2.07. The number of nitrogens with zero attached hydrogens (tertiary/aromatic N) is 1. The van der Waals surface area contributed by atoms with E-state index in [0.29, 0.717) is 5.56 Å². The number of carbonyl (C=O) groups is 1. The summed E-state index contributed by atoms with van der Waals surface area (Å²) in [6.45, 7) is 0.0110. The molecule has 0 aliphatic rings. The molecule has 0 unspecified atom stereocenters. The monoisotopic (exact) mass is 291 g/mol. The summed E-state index contributed by atoms with van der Waals surface area (Å²) in [6, 6.07) is 4.72. The number of benzene rings is 1. The molecule has 0 aliphatic heterocycles. The lowest BCUT2D eigenvalue weighted by atomic mass is 10.1. The molecule has 0 saturated carbocycles. The molecule has 5 heteroatoms. The van der Waals surface area contributed by atoms with Gasteiger partial charge in [0.2, 0.25) is 0 Å². The highest BCUT2D eigenvalue weighted by atomic mass is 127. The van der Waals surface area contributed by atoms with Crippen LogP contribution in [-0.4, -0.2) is 11.1 Å². The summed E-state index contributed by atoms with van der Waals surface area (Å²) in [6.07, 6.45) is 0. The lowest BCUT2D eigenvalue weighted by Gasteiger charge is -1.99.